The second-order valence-electron chi connectivity index (χ2n) is 5.38. The van der Waals surface area contributed by atoms with Crippen molar-refractivity contribution >= 4 is 11.9 Å². The van der Waals surface area contributed by atoms with E-state index in [9.17, 15) is 9.59 Å². The quantitative estimate of drug-likeness (QED) is 0.437. The van der Waals surface area contributed by atoms with Crippen LogP contribution in [0, 0.1) is 11.3 Å². The van der Waals surface area contributed by atoms with Gasteiger partial charge in [-0.15, -0.1) is 0 Å². The number of cyclic esters (lactones) is 1. The van der Waals surface area contributed by atoms with Crippen molar-refractivity contribution in [2.45, 2.75) is 6.42 Å². The third-order valence-electron chi connectivity index (χ3n) is 3.81. The Morgan fingerprint density at radius 3 is 2.56 bits per heavy atom. The summed E-state index contributed by atoms with van der Waals surface area (Å²) in [5, 5.41) is 0. The Balaban J connectivity index is 1.56. The van der Waals surface area contributed by atoms with E-state index < -0.39 is 5.92 Å². The van der Waals surface area contributed by atoms with E-state index >= 15 is 0 Å². The summed E-state index contributed by atoms with van der Waals surface area (Å²) in [5.41, 5.74) is 0.340. The summed E-state index contributed by atoms with van der Waals surface area (Å²) in [5.74, 6) is -0.880. The average Bonchev–Trinajstić information content (AvgIpc) is 2.54. The lowest BCUT2D eigenvalue weighted by Crippen LogP contribution is -2.72. The molecule has 0 radical (unpaired) electrons. The summed E-state index contributed by atoms with van der Waals surface area (Å²) < 4.78 is 4.82. The molecule has 0 bridgehead atoms. The van der Waals surface area contributed by atoms with Gasteiger partial charge in [0.05, 0.1) is 6.61 Å². The highest BCUT2D eigenvalue weighted by Gasteiger charge is 2.53. The monoisotopic (exact) mass is 224 g/mol. The first-order chi connectivity index (χ1) is 7.60. The maximum absolute atomic E-state index is 12.0. The number of rotatable bonds is 1. The number of carbonyl (C=O) groups is 2. The van der Waals surface area contributed by atoms with Gasteiger partial charge < -0.3 is 14.5 Å². The van der Waals surface area contributed by atoms with E-state index in [1.54, 1.807) is 0 Å². The Morgan fingerprint density at radius 1 is 1.38 bits per heavy atom. The van der Waals surface area contributed by atoms with Crippen LogP contribution in [0.4, 0.5) is 0 Å². The van der Waals surface area contributed by atoms with Crippen molar-refractivity contribution in [3.05, 3.63) is 0 Å². The molecular weight excluding hydrogens is 208 g/mol. The Hall–Kier alpha value is -1.10. The van der Waals surface area contributed by atoms with E-state index in [-0.39, 0.29) is 11.9 Å². The van der Waals surface area contributed by atoms with Gasteiger partial charge in [-0.1, -0.05) is 0 Å². The fourth-order valence-electron chi connectivity index (χ4n) is 3.16. The van der Waals surface area contributed by atoms with Gasteiger partial charge >= 0.3 is 5.97 Å². The number of esters is 1. The van der Waals surface area contributed by atoms with Crippen molar-refractivity contribution in [1.82, 2.24) is 9.80 Å². The maximum atomic E-state index is 12.0. The molecule has 3 rings (SSSR count). The minimum Gasteiger partial charge on any atom is -0.465 e. The molecule has 0 aliphatic carbocycles. The molecule has 5 nitrogen and oxygen atoms in total. The number of hydrogen-bond acceptors (Lipinski definition) is 4. The van der Waals surface area contributed by atoms with Gasteiger partial charge in [-0.25, -0.2) is 0 Å². The molecule has 5 heteroatoms. The minimum absolute atomic E-state index is 0.0253. The lowest BCUT2D eigenvalue weighted by molar-refractivity contribution is -0.164. The fourth-order valence-corrected chi connectivity index (χ4v) is 3.16. The van der Waals surface area contributed by atoms with E-state index in [2.05, 4.69) is 11.9 Å². The Kier molecular flexibility index (Phi) is 2.01. The number of carbonyl (C=O) groups excluding carboxylic acids is 2. The Bertz CT molecular complexity index is 341. The van der Waals surface area contributed by atoms with E-state index in [1.165, 1.54) is 0 Å². The molecule has 1 amide bonds. The van der Waals surface area contributed by atoms with Crippen LogP contribution in [0.5, 0.6) is 0 Å². The summed E-state index contributed by atoms with van der Waals surface area (Å²) in [6, 6.07) is 0. The third-order valence-corrected chi connectivity index (χ3v) is 3.81. The first-order valence-corrected chi connectivity index (χ1v) is 5.74. The van der Waals surface area contributed by atoms with Gasteiger partial charge in [-0.05, 0) is 7.05 Å². The average molecular weight is 224 g/mol. The van der Waals surface area contributed by atoms with Gasteiger partial charge in [0.2, 0.25) is 5.91 Å². The zero-order chi connectivity index (χ0) is 11.3. The first-order valence-electron chi connectivity index (χ1n) is 5.74. The molecule has 1 spiro atoms. The number of nitrogens with zero attached hydrogens (tertiary/aromatic N) is 2. The third kappa shape index (κ3) is 1.34. The zero-order valence-electron chi connectivity index (χ0n) is 9.44. The van der Waals surface area contributed by atoms with E-state index in [0.29, 0.717) is 18.4 Å². The van der Waals surface area contributed by atoms with Crippen LogP contribution in [0.15, 0.2) is 0 Å². The highest BCUT2D eigenvalue weighted by Crippen LogP contribution is 2.39. The van der Waals surface area contributed by atoms with Crippen molar-refractivity contribution in [1.29, 1.82) is 0 Å². The molecule has 0 saturated carbocycles. The zero-order valence-corrected chi connectivity index (χ0v) is 9.44. The molecule has 0 aromatic rings. The molecular formula is C11H16N2O3. The normalized spacial score (nSPS) is 32.2. The Morgan fingerprint density at radius 2 is 2.06 bits per heavy atom. The molecule has 1 atom stereocenters. The van der Waals surface area contributed by atoms with Crippen molar-refractivity contribution in [2.24, 2.45) is 11.3 Å². The van der Waals surface area contributed by atoms with Crippen LogP contribution in [0.2, 0.25) is 0 Å². The van der Waals surface area contributed by atoms with Crippen LogP contribution < -0.4 is 0 Å². The maximum Gasteiger partial charge on any atom is 0.318 e. The lowest BCUT2D eigenvalue weighted by Gasteiger charge is -2.59. The molecule has 16 heavy (non-hydrogen) atoms. The molecule has 3 aliphatic heterocycles. The molecule has 1 unspecified atom stereocenters. The molecule has 3 aliphatic rings. The number of likely N-dealkylation sites (tertiary alicyclic amines) is 2. The highest BCUT2D eigenvalue weighted by molar-refractivity contribution is 5.99. The largest absolute Gasteiger partial charge is 0.465 e. The van der Waals surface area contributed by atoms with Crippen molar-refractivity contribution < 1.29 is 14.3 Å². The predicted octanol–water partition coefficient (Wildman–Crippen LogP) is -0.676. The Labute approximate surface area is 94.3 Å². The summed E-state index contributed by atoms with van der Waals surface area (Å²) in [6.45, 7) is 4.19. The van der Waals surface area contributed by atoms with Crippen LogP contribution in [0.1, 0.15) is 6.42 Å². The summed E-state index contributed by atoms with van der Waals surface area (Å²) >= 11 is 0. The fraction of sp³-hybridized carbons (Fsp3) is 0.818. The summed E-state index contributed by atoms with van der Waals surface area (Å²) in [6.07, 6.45) is 0.557. The van der Waals surface area contributed by atoms with Gasteiger partial charge in [0.1, 0.15) is 5.92 Å². The predicted molar refractivity (Wildman–Crippen MR) is 55.6 cm³/mol. The summed E-state index contributed by atoms with van der Waals surface area (Å²) in [7, 11) is 2.09. The standard InChI is InChI=1S/C11H16N2O3/c1-12-4-11(5-12)6-13(7-11)9(14)8-2-3-16-10(8)15/h8H,2-7H2,1H3. The minimum atomic E-state index is -0.518. The molecule has 0 aromatic heterocycles. The van der Waals surface area contributed by atoms with Gasteiger partial charge in [-0.2, -0.15) is 0 Å². The lowest BCUT2D eigenvalue weighted by atomic mass is 9.73. The van der Waals surface area contributed by atoms with E-state index in [1.807, 2.05) is 4.90 Å². The van der Waals surface area contributed by atoms with Gasteiger partial charge in [0.15, 0.2) is 0 Å². The van der Waals surface area contributed by atoms with Gasteiger partial charge in [0.25, 0.3) is 0 Å². The van der Waals surface area contributed by atoms with Crippen LogP contribution >= 0.6 is 0 Å². The first kappa shape index (κ1) is 10.1. The highest BCUT2D eigenvalue weighted by atomic mass is 16.5. The molecule has 3 saturated heterocycles. The van der Waals surface area contributed by atoms with Crippen molar-refractivity contribution in [2.75, 3.05) is 39.8 Å². The number of hydrogen-bond donors (Lipinski definition) is 0. The van der Waals surface area contributed by atoms with Gasteiger partial charge in [-0.3, -0.25) is 9.59 Å². The van der Waals surface area contributed by atoms with Crippen LogP contribution in [-0.2, 0) is 14.3 Å². The number of ether oxygens (including phenoxy) is 1. The summed E-state index contributed by atoms with van der Waals surface area (Å²) in [4.78, 5) is 27.3. The second-order valence-corrected chi connectivity index (χ2v) is 5.38. The number of amides is 1. The molecule has 3 heterocycles. The SMILES string of the molecule is CN1CC2(C1)CN(C(=O)C1CCOC1=O)C2. The van der Waals surface area contributed by atoms with Crippen LogP contribution in [-0.4, -0.2) is 61.5 Å². The van der Waals surface area contributed by atoms with Crippen molar-refractivity contribution in [3.63, 3.8) is 0 Å². The molecule has 88 valence electrons. The van der Waals surface area contributed by atoms with Crippen LogP contribution in [0.25, 0.3) is 0 Å². The van der Waals surface area contributed by atoms with Crippen LogP contribution in [0.3, 0.4) is 0 Å². The van der Waals surface area contributed by atoms with Crippen molar-refractivity contribution in [3.8, 4) is 0 Å². The molecule has 3 fully saturated rings. The smallest absolute Gasteiger partial charge is 0.318 e. The van der Waals surface area contributed by atoms with Gasteiger partial charge in [0, 0.05) is 38.0 Å². The van der Waals surface area contributed by atoms with E-state index in [0.717, 1.165) is 26.2 Å². The molecule has 0 N–H and O–H groups in total. The molecule has 0 aromatic carbocycles. The van der Waals surface area contributed by atoms with E-state index in [4.69, 9.17) is 4.74 Å². The topological polar surface area (TPSA) is 49.9 Å². The second kappa shape index (κ2) is 3.20.